The Morgan fingerprint density at radius 2 is 1.71 bits per heavy atom. The average Bonchev–Trinajstić information content (AvgIpc) is 2.62. The quantitative estimate of drug-likeness (QED) is 0.309. The summed E-state index contributed by atoms with van der Waals surface area (Å²) < 4.78 is 10.3. The van der Waals surface area contributed by atoms with Gasteiger partial charge in [-0.15, -0.1) is 0 Å². The molecule has 0 radical (unpaired) electrons. The average molecular weight is 394 g/mol. The fourth-order valence-corrected chi connectivity index (χ4v) is 2.39. The van der Waals surface area contributed by atoms with Gasteiger partial charge in [0.2, 0.25) is 5.54 Å². The minimum absolute atomic E-state index is 0.122. The van der Waals surface area contributed by atoms with Crippen LogP contribution in [0.4, 0.5) is 0 Å². The molecular formula is C20H30N2O6. The third-order valence-corrected chi connectivity index (χ3v) is 4.01. The Morgan fingerprint density at radius 3 is 2.25 bits per heavy atom. The van der Waals surface area contributed by atoms with Gasteiger partial charge in [-0.3, -0.25) is 4.79 Å². The van der Waals surface area contributed by atoms with Gasteiger partial charge in [0.1, 0.15) is 18.2 Å². The molecule has 156 valence electrons. The zero-order chi connectivity index (χ0) is 21.4. The molecule has 0 amide bonds. The molecule has 1 unspecified atom stereocenters. The molecule has 0 spiro atoms. The number of carboxylic acids is 1. The van der Waals surface area contributed by atoms with E-state index in [9.17, 15) is 19.5 Å². The smallest absolute Gasteiger partial charge is 0.338 e. The van der Waals surface area contributed by atoms with Crippen LogP contribution in [0.3, 0.4) is 0 Å². The molecule has 0 bridgehead atoms. The van der Waals surface area contributed by atoms with E-state index in [1.807, 2.05) is 30.3 Å². The van der Waals surface area contributed by atoms with E-state index in [2.05, 4.69) is 0 Å². The van der Waals surface area contributed by atoms with Crippen LogP contribution in [0.25, 0.3) is 0 Å². The summed E-state index contributed by atoms with van der Waals surface area (Å²) in [6.07, 6.45) is 0.874. The van der Waals surface area contributed by atoms with Crippen LogP contribution in [-0.4, -0.2) is 40.2 Å². The van der Waals surface area contributed by atoms with Crippen LogP contribution in [0.1, 0.15) is 52.0 Å². The highest BCUT2D eigenvalue weighted by Gasteiger charge is 2.44. The fraction of sp³-hybridized carbons (Fsp3) is 0.550. The van der Waals surface area contributed by atoms with Crippen molar-refractivity contribution in [3.63, 3.8) is 0 Å². The third kappa shape index (κ3) is 7.66. The number of carboxylic acid groups (broad SMARTS) is 1. The molecule has 0 aromatic heterocycles. The van der Waals surface area contributed by atoms with Crippen molar-refractivity contribution in [2.24, 2.45) is 11.5 Å². The second-order valence-corrected chi connectivity index (χ2v) is 7.72. The topological polar surface area (TPSA) is 142 Å². The number of nitrogens with two attached hydrogens (primary N) is 2. The van der Waals surface area contributed by atoms with Gasteiger partial charge in [-0.2, -0.15) is 0 Å². The molecule has 0 aliphatic carbocycles. The summed E-state index contributed by atoms with van der Waals surface area (Å²) in [5.74, 6) is -2.97. The minimum atomic E-state index is -2.13. The van der Waals surface area contributed by atoms with Crippen molar-refractivity contribution in [3.8, 4) is 0 Å². The summed E-state index contributed by atoms with van der Waals surface area (Å²) in [6, 6.07) is 8.39. The molecule has 28 heavy (non-hydrogen) atoms. The number of rotatable bonds is 10. The van der Waals surface area contributed by atoms with Crippen LogP contribution in [0.15, 0.2) is 30.3 Å². The van der Waals surface area contributed by atoms with Crippen molar-refractivity contribution in [1.82, 2.24) is 0 Å². The normalized spacial score (nSPS) is 14.6. The predicted molar refractivity (Wildman–Crippen MR) is 103 cm³/mol. The maximum atomic E-state index is 12.2. The molecule has 0 heterocycles. The van der Waals surface area contributed by atoms with Crippen LogP contribution in [-0.2, 0) is 30.5 Å². The van der Waals surface area contributed by atoms with Crippen molar-refractivity contribution >= 4 is 17.9 Å². The van der Waals surface area contributed by atoms with Crippen LogP contribution in [0, 0.1) is 0 Å². The van der Waals surface area contributed by atoms with Crippen LogP contribution < -0.4 is 11.5 Å². The highest BCUT2D eigenvalue weighted by atomic mass is 16.6. The number of hydrogen-bond acceptors (Lipinski definition) is 7. The molecule has 0 saturated carbocycles. The van der Waals surface area contributed by atoms with E-state index in [1.165, 1.54) is 0 Å². The van der Waals surface area contributed by atoms with Crippen molar-refractivity contribution in [2.75, 3.05) is 0 Å². The lowest BCUT2D eigenvalue weighted by molar-refractivity contribution is -0.169. The number of benzene rings is 1. The Kier molecular flexibility index (Phi) is 8.59. The summed E-state index contributed by atoms with van der Waals surface area (Å²) >= 11 is 0. The number of hydrogen-bond donors (Lipinski definition) is 3. The van der Waals surface area contributed by atoms with Gasteiger partial charge in [0.25, 0.3) is 0 Å². The Bertz CT molecular complexity index is 671. The first kappa shape index (κ1) is 23.6. The molecule has 1 aromatic rings. The predicted octanol–water partition coefficient (Wildman–Crippen LogP) is 1.74. The summed E-state index contributed by atoms with van der Waals surface area (Å²) in [6.45, 7) is 5.03. The number of esters is 2. The van der Waals surface area contributed by atoms with Gasteiger partial charge >= 0.3 is 17.9 Å². The van der Waals surface area contributed by atoms with Gasteiger partial charge in [-0.1, -0.05) is 43.2 Å². The van der Waals surface area contributed by atoms with Crippen LogP contribution in [0.5, 0.6) is 0 Å². The molecule has 2 atom stereocenters. The molecule has 8 nitrogen and oxygen atoms in total. The molecule has 1 aromatic carbocycles. The van der Waals surface area contributed by atoms with Crippen molar-refractivity contribution in [2.45, 2.75) is 70.2 Å². The highest BCUT2D eigenvalue weighted by molar-refractivity contribution is 6.03. The summed E-state index contributed by atoms with van der Waals surface area (Å²) in [5, 5.41) is 9.35. The first-order valence-corrected chi connectivity index (χ1v) is 9.17. The first-order valence-electron chi connectivity index (χ1n) is 9.17. The molecule has 0 saturated heterocycles. The van der Waals surface area contributed by atoms with E-state index in [1.54, 1.807) is 20.8 Å². The maximum Gasteiger partial charge on any atom is 0.338 e. The maximum absolute atomic E-state index is 12.2. The zero-order valence-electron chi connectivity index (χ0n) is 16.6. The van der Waals surface area contributed by atoms with Crippen molar-refractivity contribution in [3.05, 3.63) is 35.9 Å². The highest BCUT2D eigenvalue weighted by Crippen LogP contribution is 2.19. The van der Waals surface area contributed by atoms with Gasteiger partial charge in [0.05, 0.1) is 0 Å². The number of ether oxygens (including phenoxy) is 2. The van der Waals surface area contributed by atoms with Gasteiger partial charge in [0, 0.05) is 0 Å². The van der Waals surface area contributed by atoms with E-state index < -0.39 is 35.1 Å². The number of carbonyl (C=O) groups is 3. The lowest BCUT2D eigenvalue weighted by Crippen LogP contribution is -2.57. The van der Waals surface area contributed by atoms with E-state index in [4.69, 9.17) is 20.9 Å². The molecule has 0 aliphatic rings. The Balaban J connectivity index is 2.44. The van der Waals surface area contributed by atoms with Crippen LogP contribution in [0.2, 0.25) is 0 Å². The SMILES string of the molecule is CC(C)(C)OC(=O)[C@](N)(CCCCC(N)C(=O)OCc1ccccc1)C(=O)O. The Hall–Kier alpha value is -2.45. The van der Waals surface area contributed by atoms with E-state index in [0.29, 0.717) is 12.8 Å². The first-order chi connectivity index (χ1) is 13.0. The summed E-state index contributed by atoms with van der Waals surface area (Å²) in [7, 11) is 0. The molecular weight excluding hydrogens is 364 g/mol. The number of carbonyl (C=O) groups excluding carboxylic acids is 2. The third-order valence-electron chi connectivity index (χ3n) is 4.01. The number of aliphatic carboxylic acids is 1. The Morgan fingerprint density at radius 1 is 1.11 bits per heavy atom. The summed E-state index contributed by atoms with van der Waals surface area (Å²) in [4.78, 5) is 35.6. The van der Waals surface area contributed by atoms with Crippen molar-refractivity contribution in [1.29, 1.82) is 0 Å². The molecule has 0 fully saturated rings. The molecule has 5 N–H and O–H groups in total. The van der Waals surface area contributed by atoms with Crippen molar-refractivity contribution < 1.29 is 29.0 Å². The standard InChI is InChI=1S/C20H30N2O6/c1-19(2,3)28-18(26)20(22,17(24)25)12-8-7-11-15(21)16(23)27-13-14-9-5-4-6-10-14/h4-6,9-10,15H,7-8,11-13,21-22H2,1-3H3,(H,24,25)/t15?,20-/m0/s1. The summed E-state index contributed by atoms with van der Waals surface area (Å²) in [5.41, 5.74) is 9.48. The van der Waals surface area contributed by atoms with E-state index in [0.717, 1.165) is 5.56 Å². The Labute approximate surface area is 165 Å². The fourth-order valence-electron chi connectivity index (χ4n) is 2.39. The molecule has 1 rings (SSSR count). The van der Waals surface area contributed by atoms with Gasteiger partial charge in [0.15, 0.2) is 0 Å². The lowest BCUT2D eigenvalue weighted by atomic mass is 9.92. The number of unbranched alkanes of at least 4 members (excludes halogenated alkanes) is 1. The van der Waals surface area contributed by atoms with E-state index in [-0.39, 0.29) is 19.4 Å². The van der Waals surface area contributed by atoms with Gasteiger partial charge < -0.3 is 26.0 Å². The largest absolute Gasteiger partial charge is 0.479 e. The van der Waals surface area contributed by atoms with Gasteiger partial charge in [-0.05, 0) is 39.2 Å². The molecule has 8 heteroatoms. The van der Waals surface area contributed by atoms with Crippen LogP contribution >= 0.6 is 0 Å². The monoisotopic (exact) mass is 394 g/mol. The minimum Gasteiger partial charge on any atom is -0.479 e. The molecule has 0 aliphatic heterocycles. The lowest BCUT2D eigenvalue weighted by Gasteiger charge is -2.28. The second kappa shape index (κ2) is 10.2. The second-order valence-electron chi connectivity index (χ2n) is 7.72. The zero-order valence-corrected chi connectivity index (χ0v) is 16.6. The van der Waals surface area contributed by atoms with Gasteiger partial charge in [-0.25, -0.2) is 9.59 Å². The van der Waals surface area contributed by atoms with E-state index >= 15 is 0 Å².